The number of nitrogens with zero attached hydrogens (tertiary/aromatic N) is 2. The van der Waals surface area contributed by atoms with E-state index in [9.17, 15) is 19.8 Å². The van der Waals surface area contributed by atoms with Crippen LogP contribution in [0.5, 0.6) is 5.75 Å². The average molecular weight is 736 g/mol. The van der Waals surface area contributed by atoms with E-state index in [0.29, 0.717) is 41.5 Å². The van der Waals surface area contributed by atoms with E-state index in [1.165, 1.54) is 6.42 Å². The summed E-state index contributed by atoms with van der Waals surface area (Å²) in [5, 5.41) is 32.9. The van der Waals surface area contributed by atoms with Crippen LogP contribution in [0.1, 0.15) is 83.7 Å². The highest BCUT2D eigenvalue weighted by molar-refractivity contribution is 5.97. The molecule has 11 nitrogen and oxygen atoms in total. The minimum absolute atomic E-state index is 0.000664. The zero-order valence-electron chi connectivity index (χ0n) is 33.6. The first kappa shape index (κ1) is 41.0. The Kier molecular flexibility index (Phi) is 13.2. The number of hydrogen-bond donors (Lipinski definition) is 5. The molecule has 4 aliphatic rings. The lowest BCUT2D eigenvalue weighted by molar-refractivity contribution is -0.183. The first-order valence-electron chi connectivity index (χ1n) is 19.6. The number of carbonyl (C=O) groups excluding carboxylic acids is 2. The molecule has 11 heteroatoms. The van der Waals surface area contributed by atoms with Gasteiger partial charge in [-0.05, 0) is 100 Å². The number of amides is 2. The molecular weight excluding hydrogens is 670 g/mol. The van der Waals surface area contributed by atoms with Crippen molar-refractivity contribution in [3.05, 3.63) is 47.5 Å². The van der Waals surface area contributed by atoms with E-state index in [4.69, 9.17) is 9.57 Å². The van der Waals surface area contributed by atoms with Crippen LogP contribution in [-0.4, -0.2) is 103 Å². The fourth-order valence-electron chi connectivity index (χ4n) is 9.51. The summed E-state index contributed by atoms with van der Waals surface area (Å²) < 4.78 is 6.08. The maximum atomic E-state index is 14.3. The largest absolute Gasteiger partial charge is 0.496 e. The molecule has 1 aliphatic heterocycles. The van der Waals surface area contributed by atoms with E-state index in [0.717, 1.165) is 41.8 Å². The van der Waals surface area contributed by atoms with Crippen molar-refractivity contribution in [2.75, 3.05) is 46.2 Å². The molecule has 0 radical (unpaired) electrons. The van der Waals surface area contributed by atoms with Gasteiger partial charge in [0.15, 0.2) is 0 Å². The molecule has 2 aromatic rings. The van der Waals surface area contributed by atoms with E-state index in [-0.39, 0.29) is 42.5 Å². The van der Waals surface area contributed by atoms with E-state index in [1.54, 1.807) is 19.1 Å². The van der Waals surface area contributed by atoms with Crippen LogP contribution < -0.4 is 20.7 Å². The SMILES string of the molecule is CCNc1cc(C(=O)N[C@@H](CC(C)C)CN(C)C)cc(-c2cccc(CN3O[C@@H](CO)[C@@H]([C@H](C)O)[C@H]3C(=O)N[C@H]3C[C@H]4C[C@H]([C@@H]3C)C4(C)C)c2OC)c1. The number of methoxy groups -OCH3 is 1. The lowest BCUT2D eigenvalue weighted by Crippen LogP contribution is -2.62. The number of likely N-dealkylation sites (N-methyl/N-ethyl adjacent to an activating group) is 1. The molecule has 2 amide bonds. The molecule has 2 aromatic carbocycles. The van der Waals surface area contributed by atoms with Crippen molar-refractivity contribution in [2.24, 2.45) is 35.0 Å². The third-order valence-electron chi connectivity index (χ3n) is 12.3. The molecule has 4 fully saturated rings. The number of carbonyl (C=O) groups is 2. The van der Waals surface area contributed by atoms with Crippen LogP contribution >= 0.6 is 0 Å². The number of benzene rings is 2. The van der Waals surface area contributed by atoms with Crippen LogP contribution in [0.25, 0.3) is 11.1 Å². The Bertz CT molecular complexity index is 1570. The summed E-state index contributed by atoms with van der Waals surface area (Å²) in [6.07, 6.45) is 1.36. The lowest BCUT2D eigenvalue weighted by Gasteiger charge is -2.62. The fourth-order valence-corrected chi connectivity index (χ4v) is 9.51. The Labute approximate surface area is 317 Å². The summed E-state index contributed by atoms with van der Waals surface area (Å²) in [7, 11) is 5.64. The zero-order chi connectivity index (χ0) is 38.8. The molecule has 1 saturated heterocycles. The van der Waals surface area contributed by atoms with Crippen LogP contribution in [-0.2, 0) is 16.2 Å². The summed E-state index contributed by atoms with van der Waals surface area (Å²) in [5.74, 6) is 1.52. The second-order valence-corrected chi connectivity index (χ2v) is 17.1. The van der Waals surface area contributed by atoms with Gasteiger partial charge in [0.2, 0.25) is 5.91 Å². The quantitative estimate of drug-likeness (QED) is 0.159. The number of aliphatic hydroxyl groups excluding tert-OH is 2. The first-order valence-corrected chi connectivity index (χ1v) is 19.6. The van der Waals surface area contributed by atoms with E-state index < -0.39 is 24.2 Å². The molecule has 294 valence electrons. The Balaban J connectivity index is 1.44. The molecule has 53 heavy (non-hydrogen) atoms. The molecule has 0 aromatic heterocycles. The van der Waals surface area contributed by atoms with Gasteiger partial charge >= 0.3 is 0 Å². The number of aliphatic hydroxyl groups is 2. The highest BCUT2D eigenvalue weighted by Gasteiger charge is 2.57. The standard InChI is InChI=1S/C42H65N5O6/c1-11-43-31-17-28(16-29(18-31)40(50)44-32(15-24(2)3)22-46(8)9)33-14-12-13-27(39(33)52-10)21-47-38(37(26(5)49)36(23-48)53-47)41(51)45-35-20-30-19-34(25(35)4)42(30,6)7/h12-14,16-18,24-26,30,32,34-38,43,48-49H,11,15,19-23H2,1-10H3,(H,44,50)(H,45,51)/t25-,26-,30+,32-,34+,35-,36-,37+,38-/m0/s1. The van der Waals surface area contributed by atoms with Crippen molar-refractivity contribution in [2.45, 2.75) is 105 Å². The van der Waals surface area contributed by atoms with Gasteiger partial charge in [-0.15, -0.1) is 0 Å². The minimum atomic E-state index is -0.895. The summed E-state index contributed by atoms with van der Waals surface area (Å²) in [4.78, 5) is 36.4. The van der Waals surface area contributed by atoms with Crippen molar-refractivity contribution in [3.63, 3.8) is 0 Å². The molecule has 3 saturated carbocycles. The monoisotopic (exact) mass is 735 g/mol. The smallest absolute Gasteiger partial charge is 0.251 e. The normalized spacial score (nSPS) is 27.6. The third kappa shape index (κ3) is 8.86. The molecule has 0 unspecified atom stereocenters. The van der Waals surface area contributed by atoms with Crippen LogP contribution in [0.4, 0.5) is 5.69 Å². The molecule has 6 rings (SSSR count). The van der Waals surface area contributed by atoms with Gasteiger partial charge in [-0.3, -0.25) is 14.4 Å². The first-order chi connectivity index (χ1) is 25.1. The average Bonchev–Trinajstić information content (AvgIpc) is 3.46. The molecule has 0 spiro atoms. The highest BCUT2D eigenvalue weighted by Crippen LogP contribution is 2.61. The lowest BCUT2D eigenvalue weighted by atomic mass is 9.45. The summed E-state index contributed by atoms with van der Waals surface area (Å²) in [5.41, 5.74) is 4.01. The van der Waals surface area contributed by atoms with Gasteiger partial charge in [-0.25, -0.2) is 0 Å². The zero-order valence-corrected chi connectivity index (χ0v) is 33.6. The van der Waals surface area contributed by atoms with E-state index in [2.05, 4.69) is 55.5 Å². The molecule has 9 atom stereocenters. The van der Waals surface area contributed by atoms with Gasteiger partial charge in [0.25, 0.3) is 5.91 Å². The highest BCUT2D eigenvalue weighted by atomic mass is 16.7. The molecule has 2 bridgehead atoms. The van der Waals surface area contributed by atoms with Gasteiger partial charge in [0, 0.05) is 53.5 Å². The van der Waals surface area contributed by atoms with Gasteiger partial charge in [-0.1, -0.05) is 52.8 Å². The number of nitrogens with one attached hydrogen (secondary N) is 3. The van der Waals surface area contributed by atoms with Crippen molar-refractivity contribution in [1.82, 2.24) is 20.6 Å². The van der Waals surface area contributed by atoms with Crippen molar-refractivity contribution in [1.29, 1.82) is 0 Å². The summed E-state index contributed by atoms with van der Waals surface area (Å²) in [6, 6.07) is 10.8. The van der Waals surface area contributed by atoms with Crippen LogP contribution in [0, 0.1) is 35.0 Å². The molecular formula is C42H65N5O6. The van der Waals surface area contributed by atoms with Crippen molar-refractivity contribution in [3.8, 4) is 16.9 Å². The predicted octanol–water partition coefficient (Wildman–Crippen LogP) is 5.16. The second kappa shape index (κ2) is 17.1. The van der Waals surface area contributed by atoms with Gasteiger partial charge in [0.1, 0.15) is 17.9 Å². The maximum absolute atomic E-state index is 14.3. The number of fused-ring (bicyclic) bond motifs is 2. The summed E-state index contributed by atoms with van der Waals surface area (Å²) in [6.45, 7) is 16.2. The number of hydroxylamine groups is 2. The molecule has 3 aliphatic carbocycles. The number of ether oxygens (including phenoxy) is 1. The maximum Gasteiger partial charge on any atom is 0.251 e. The molecule has 5 N–H and O–H groups in total. The van der Waals surface area contributed by atoms with Crippen LogP contribution in [0.2, 0.25) is 0 Å². The molecule has 1 heterocycles. The van der Waals surface area contributed by atoms with E-state index >= 15 is 0 Å². The van der Waals surface area contributed by atoms with Crippen molar-refractivity contribution < 1.29 is 29.4 Å². The number of para-hydroxylation sites is 1. The van der Waals surface area contributed by atoms with Crippen molar-refractivity contribution >= 4 is 17.5 Å². The predicted molar refractivity (Wildman–Crippen MR) is 209 cm³/mol. The Morgan fingerprint density at radius 1 is 1.13 bits per heavy atom. The number of anilines is 1. The second-order valence-electron chi connectivity index (χ2n) is 17.1. The van der Waals surface area contributed by atoms with Gasteiger partial charge in [-0.2, -0.15) is 5.06 Å². The fraction of sp³-hybridized carbons (Fsp3) is 0.667. The minimum Gasteiger partial charge on any atom is -0.496 e. The van der Waals surface area contributed by atoms with Crippen LogP contribution in [0.15, 0.2) is 36.4 Å². The summed E-state index contributed by atoms with van der Waals surface area (Å²) >= 11 is 0. The van der Waals surface area contributed by atoms with E-state index in [1.807, 2.05) is 57.4 Å². The van der Waals surface area contributed by atoms with Crippen LogP contribution in [0.3, 0.4) is 0 Å². The Hall–Kier alpha value is -3.22. The topological polar surface area (TPSA) is 136 Å². The number of rotatable bonds is 16. The van der Waals surface area contributed by atoms with Gasteiger partial charge in [0.05, 0.1) is 26.4 Å². The van der Waals surface area contributed by atoms with Gasteiger partial charge < -0.3 is 35.8 Å². The Morgan fingerprint density at radius 2 is 1.87 bits per heavy atom. The third-order valence-corrected chi connectivity index (χ3v) is 12.3. The number of hydrogen-bond acceptors (Lipinski definition) is 9. The Morgan fingerprint density at radius 3 is 2.45 bits per heavy atom.